The fourth-order valence-electron chi connectivity index (χ4n) is 10.7. The zero-order chi connectivity index (χ0) is 27.2. The van der Waals surface area contributed by atoms with Crippen molar-refractivity contribution in [3.63, 3.8) is 0 Å². The Morgan fingerprint density at radius 2 is 1.36 bits per heavy atom. The van der Waals surface area contributed by atoms with Gasteiger partial charge in [-0.3, -0.25) is 0 Å². The van der Waals surface area contributed by atoms with Crippen LogP contribution in [0.2, 0.25) is 5.04 Å². The maximum atomic E-state index is 13.1. The minimum absolute atomic E-state index is 0.130. The van der Waals surface area contributed by atoms with Crippen LogP contribution in [-0.4, -0.2) is 39.6 Å². The highest BCUT2D eigenvalue weighted by Crippen LogP contribution is 2.81. The van der Waals surface area contributed by atoms with Gasteiger partial charge >= 0.3 is 11.9 Å². The van der Waals surface area contributed by atoms with Crippen LogP contribution in [0.15, 0.2) is 60.7 Å². The summed E-state index contributed by atoms with van der Waals surface area (Å²) in [6, 6.07) is 21.5. The van der Waals surface area contributed by atoms with Gasteiger partial charge in [-0.05, 0) is 71.2 Å². The van der Waals surface area contributed by atoms with Gasteiger partial charge in [0.2, 0.25) is 0 Å². The second-order valence-corrected chi connectivity index (χ2v) is 18.4. The molecule has 4 unspecified atom stereocenters. The number of benzene rings is 2. The zero-order valence-corrected chi connectivity index (χ0v) is 24.5. The van der Waals surface area contributed by atoms with E-state index in [-0.39, 0.29) is 10.5 Å². The molecule has 6 aliphatic rings. The monoisotopic (exact) mass is 544 g/mol. The maximum Gasteiger partial charge on any atom is 0.418 e. The van der Waals surface area contributed by atoms with Crippen molar-refractivity contribution in [1.82, 2.24) is 0 Å². The van der Waals surface area contributed by atoms with Crippen molar-refractivity contribution in [1.29, 1.82) is 0 Å². The van der Waals surface area contributed by atoms with Gasteiger partial charge in [-0.25, -0.2) is 9.59 Å². The van der Waals surface area contributed by atoms with Crippen molar-refractivity contribution >= 4 is 30.6 Å². The van der Waals surface area contributed by atoms with E-state index in [9.17, 15) is 9.59 Å². The standard InChI is InChI=1S/C33H40O5Si/c1-31(2,3)39(22-11-7-5-8-12-22,23-13-9-6-10-14-23)37-20-32-18-25-24-15-21-16-27(25)33(32,28(17-21)26(24)19-32)38-30(35)29(34)36-4/h5-14,21,24-28H,15-20H2,1-4H3/t21?,24?,25-,26+,27+,28-,32?,33?. The van der Waals surface area contributed by atoms with E-state index in [1.54, 1.807) is 0 Å². The molecule has 0 amide bonds. The van der Waals surface area contributed by atoms with E-state index in [1.807, 2.05) is 0 Å². The fourth-order valence-corrected chi connectivity index (χ4v) is 15.4. The Morgan fingerprint density at radius 3 is 1.85 bits per heavy atom. The van der Waals surface area contributed by atoms with Gasteiger partial charge in [0.15, 0.2) is 0 Å². The normalized spacial score (nSPS) is 37.3. The molecule has 0 saturated heterocycles. The van der Waals surface area contributed by atoms with Crippen LogP contribution in [0.25, 0.3) is 0 Å². The second kappa shape index (κ2) is 8.53. The van der Waals surface area contributed by atoms with Crippen molar-refractivity contribution in [3.05, 3.63) is 60.7 Å². The Labute approximate surface area is 232 Å². The molecule has 6 saturated carbocycles. The average molecular weight is 545 g/mol. The van der Waals surface area contributed by atoms with Crippen LogP contribution in [0.4, 0.5) is 0 Å². The molecular formula is C33H40O5Si. The van der Waals surface area contributed by atoms with Crippen LogP contribution in [0.5, 0.6) is 0 Å². The van der Waals surface area contributed by atoms with Crippen molar-refractivity contribution < 1.29 is 23.5 Å². The van der Waals surface area contributed by atoms with E-state index in [0.29, 0.717) is 30.3 Å². The summed E-state index contributed by atoms with van der Waals surface area (Å²) < 4.78 is 18.9. The number of rotatable bonds is 6. The highest BCUT2D eigenvalue weighted by atomic mass is 28.4. The maximum absolute atomic E-state index is 13.1. The lowest BCUT2D eigenvalue weighted by Crippen LogP contribution is -2.68. The molecule has 6 aliphatic carbocycles. The molecule has 8 rings (SSSR count). The molecule has 5 nitrogen and oxygen atoms in total. The van der Waals surface area contributed by atoms with E-state index in [4.69, 9.17) is 13.9 Å². The van der Waals surface area contributed by atoms with Crippen LogP contribution < -0.4 is 10.4 Å². The van der Waals surface area contributed by atoms with Crippen LogP contribution in [-0.2, 0) is 23.5 Å². The fraction of sp³-hybridized carbons (Fsp3) is 0.576. The van der Waals surface area contributed by atoms with Gasteiger partial charge in [0, 0.05) is 23.9 Å². The van der Waals surface area contributed by atoms with Gasteiger partial charge in [0.05, 0.1) is 7.11 Å². The molecule has 7 bridgehead atoms. The first kappa shape index (κ1) is 25.5. The molecule has 0 aliphatic heterocycles. The molecule has 0 spiro atoms. The summed E-state index contributed by atoms with van der Waals surface area (Å²) >= 11 is 0. The highest BCUT2D eigenvalue weighted by molar-refractivity contribution is 6.99. The Hall–Kier alpha value is -2.44. The number of ether oxygens (including phenoxy) is 2. The van der Waals surface area contributed by atoms with Crippen LogP contribution in [0.3, 0.4) is 0 Å². The molecule has 0 radical (unpaired) electrons. The molecule has 0 heterocycles. The molecule has 6 fully saturated rings. The Kier molecular flexibility index (Phi) is 5.58. The lowest BCUT2D eigenvalue weighted by atomic mass is 9.47. The summed E-state index contributed by atoms with van der Waals surface area (Å²) in [5.41, 5.74) is -0.882. The predicted molar refractivity (Wildman–Crippen MR) is 151 cm³/mol. The van der Waals surface area contributed by atoms with Crippen LogP contribution >= 0.6 is 0 Å². The number of methoxy groups -OCH3 is 1. The molecule has 2 aromatic rings. The van der Waals surface area contributed by atoms with Gasteiger partial charge in [-0.15, -0.1) is 0 Å². The topological polar surface area (TPSA) is 61.8 Å². The zero-order valence-electron chi connectivity index (χ0n) is 23.5. The van der Waals surface area contributed by atoms with E-state index in [1.165, 1.54) is 23.9 Å². The quantitative estimate of drug-likeness (QED) is 0.299. The largest absolute Gasteiger partial charge is 0.461 e. The lowest BCUT2D eigenvalue weighted by Gasteiger charge is -2.60. The van der Waals surface area contributed by atoms with Crippen molar-refractivity contribution in [2.24, 2.45) is 40.9 Å². The third-order valence-corrected chi connectivity index (χ3v) is 16.7. The van der Waals surface area contributed by atoms with Gasteiger partial charge in [-0.1, -0.05) is 81.4 Å². The smallest absolute Gasteiger partial charge is 0.418 e. The highest BCUT2D eigenvalue weighted by Gasteiger charge is 2.83. The molecule has 39 heavy (non-hydrogen) atoms. The van der Waals surface area contributed by atoms with E-state index < -0.39 is 25.9 Å². The van der Waals surface area contributed by atoms with Gasteiger partial charge in [0.25, 0.3) is 8.32 Å². The Morgan fingerprint density at radius 1 is 0.821 bits per heavy atom. The van der Waals surface area contributed by atoms with Crippen molar-refractivity contribution in [2.45, 2.75) is 63.5 Å². The molecule has 2 aromatic carbocycles. The average Bonchev–Trinajstić information content (AvgIpc) is 3.34. The molecule has 6 heteroatoms. The minimum atomic E-state index is -2.77. The first-order valence-corrected chi connectivity index (χ1v) is 16.6. The predicted octanol–water partition coefficient (Wildman–Crippen LogP) is 4.72. The number of esters is 2. The van der Waals surface area contributed by atoms with Crippen molar-refractivity contribution in [3.8, 4) is 0 Å². The number of carbonyl (C=O) groups excluding carboxylic acids is 2. The molecule has 8 atom stereocenters. The first-order valence-electron chi connectivity index (χ1n) is 14.7. The van der Waals surface area contributed by atoms with Gasteiger partial charge in [-0.2, -0.15) is 0 Å². The number of hydrogen-bond acceptors (Lipinski definition) is 5. The number of carbonyl (C=O) groups is 2. The molecular weight excluding hydrogens is 504 g/mol. The SMILES string of the molecule is COC(=O)C(=O)OC12[C@@H]3CC4CC5[C@@H](CC1(CO[Si](c1ccccc1)(c1ccccc1)C(C)(C)C)C[C@@H]53)[C@@H]2C4. The lowest BCUT2D eigenvalue weighted by molar-refractivity contribution is -0.222. The summed E-state index contributed by atoms with van der Waals surface area (Å²) in [6.07, 6.45) is 5.62. The first-order chi connectivity index (χ1) is 18.7. The van der Waals surface area contributed by atoms with E-state index in [0.717, 1.165) is 37.5 Å². The van der Waals surface area contributed by atoms with E-state index in [2.05, 4.69) is 81.4 Å². The van der Waals surface area contributed by atoms with Crippen molar-refractivity contribution in [2.75, 3.05) is 13.7 Å². The summed E-state index contributed by atoms with van der Waals surface area (Å²) in [5, 5.41) is 2.40. The van der Waals surface area contributed by atoms with Gasteiger partial charge in [0.1, 0.15) is 5.60 Å². The Bertz CT molecular complexity index is 1220. The molecule has 206 valence electrons. The second-order valence-electron chi connectivity index (χ2n) is 14.1. The molecule has 0 N–H and O–H groups in total. The van der Waals surface area contributed by atoms with Crippen LogP contribution in [0, 0.1) is 40.9 Å². The minimum Gasteiger partial charge on any atom is -0.461 e. The summed E-state index contributed by atoms with van der Waals surface area (Å²) in [7, 11) is -1.50. The third kappa shape index (κ3) is 3.22. The van der Waals surface area contributed by atoms with Gasteiger partial charge < -0.3 is 13.9 Å². The van der Waals surface area contributed by atoms with E-state index >= 15 is 0 Å². The summed E-state index contributed by atoms with van der Waals surface area (Å²) in [6.45, 7) is 7.50. The summed E-state index contributed by atoms with van der Waals surface area (Å²) in [5.74, 6) is 1.54. The molecule has 0 aromatic heterocycles. The Balaban J connectivity index is 1.34. The summed E-state index contributed by atoms with van der Waals surface area (Å²) in [4.78, 5) is 25.5. The van der Waals surface area contributed by atoms with Crippen LogP contribution in [0.1, 0.15) is 52.9 Å². The third-order valence-electron chi connectivity index (χ3n) is 11.7. The number of hydrogen-bond donors (Lipinski definition) is 0.